The van der Waals surface area contributed by atoms with Crippen molar-refractivity contribution >= 4 is 15.9 Å². The molecule has 0 unspecified atom stereocenters. The summed E-state index contributed by atoms with van der Waals surface area (Å²) in [6.07, 6.45) is 0.951. The lowest BCUT2D eigenvalue weighted by Crippen LogP contribution is -2.23. The van der Waals surface area contributed by atoms with Gasteiger partial charge in [0.1, 0.15) is 16.9 Å². The van der Waals surface area contributed by atoms with Gasteiger partial charge in [0.2, 0.25) is 0 Å². The number of rotatable bonds is 4. The minimum Gasteiger partial charge on any atom is -0.374 e. The summed E-state index contributed by atoms with van der Waals surface area (Å²) >= 11 is 3.28. The molecule has 1 rings (SSSR count). The van der Waals surface area contributed by atoms with Crippen LogP contribution in [0.3, 0.4) is 0 Å². The number of halogens is 1. The van der Waals surface area contributed by atoms with E-state index in [1.807, 2.05) is 27.7 Å². The monoisotopic (exact) mass is 302 g/mol. The van der Waals surface area contributed by atoms with Crippen LogP contribution in [0, 0.1) is 0 Å². The fourth-order valence-corrected chi connectivity index (χ4v) is 2.17. The second-order valence-corrected chi connectivity index (χ2v) is 5.77. The normalized spacial score (nSPS) is 11.8. The summed E-state index contributed by atoms with van der Waals surface area (Å²) in [6, 6.07) is 0. The van der Waals surface area contributed by atoms with Crippen molar-refractivity contribution in [1.29, 1.82) is 0 Å². The molecule has 4 nitrogen and oxygen atoms in total. The molecule has 0 fully saturated rings. The van der Waals surface area contributed by atoms with Gasteiger partial charge >= 0.3 is 0 Å². The molecule has 0 saturated carbocycles. The second kappa shape index (κ2) is 5.78. The Balaban J connectivity index is 3.03. The first-order chi connectivity index (χ1) is 7.86. The molecule has 1 N–H and O–H groups in total. The quantitative estimate of drug-likeness (QED) is 0.870. The van der Waals surface area contributed by atoms with Gasteiger partial charge in [-0.05, 0) is 22.4 Å². The van der Waals surface area contributed by atoms with Gasteiger partial charge in [-0.2, -0.15) is 0 Å². The van der Waals surface area contributed by atoms with Crippen LogP contribution in [0.15, 0.2) is 9.27 Å². The van der Waals surface area contributed by atoms with Crippen molar-refractivity contribution in [3.8, 4) is 0 Å². The predicted molar refractivity (Wildman–Crippen MR) is 71.2 cm³/mol. The van der Waals surface area contributed by atoms with E-state index in [4.69, 9.17) is 4.74 Å². The summed E-state index contributed by atoms with van der Waals surface area (Å²) in [5.41, 5.74) is 0.434. The van der Waals surface area contributed by atoms with E-state index in [2.05, 4.69) is 25.9 Å². The zero-order chi connectivity index (χ0) is 13.1. The summed E-state index contributed by atoms with van der Waals surface area (Å²) in [5.74, 6) is 0.580. The molecule has 0 spiro atoms. The van der Waals surface area contributed by atoms with Crippen LogP contribution in [0.4, 0.5) is 0 Å². The maximum Gasteiger partial charge on any atom is 0.265 e. The minimum atomic E-state index is -0.174. The van der Waals surface area contributed by atoms with Gasteiger partial charge in [-0.25, -0.2) is 4.98 Å². The molecule has 17 heavy (non-hydrogen) atoms. The number of aromatic amines is 1. The van der Waals surface area contributed by atoms with E-state index in [0.29, 0.717) is 23.5 Å². The Bertz CT molecular complexity index is 435. The van der Waals surface area contributed by atoms with Crippen molar-refractivity contribution in [2.45, 2.75) is 46.1 Å². The highest BCUT2D eigenvalue weighted by atomic mass is 79.9. The third kappa shape index (κ3) is 3.92. The molecule has 0 amide bonds. The molecule has 0 aliphatic heterocycles. The number of H-pyrrole nitrogens is 1. The topological polar surface area (TPSA) is 55.0 Å². The summed E-state index contributed by atoms with van der Waals surface area (Å²) in [6.45, 7) is 9.13. The maximum absolute atomic E-state index is 11.7. The Morgan fingerprint density at radius 3 is 2.59 bits per heavy atom. The van der Waals surface area contributed by atoms with Gasteiger partial charge in [-0.1, -0.05) is 27.7 Å². The first-order valence-corrected chi connectivity index (χ1v) is 6.52. The average molecular weight is 303 g/mol. The van der Waals surface area contributed by atoms with Crippen molar-refractivity contribution in [2.75, 3.05) is 6.61 Å². The van der Waals surface area contributed by atoms with Crippen LogP contribution in [0.25, 0.3) is 0 Å². The van der Waals surface area contributed by atoms with Gasteiger partial charge in [0.25, 0.3) is 5.56 Å². The molecule has 0 aliphatic carbocycles. The molecule has 0 aromatic carbocycles. The van der Waals surface area contributed by atoms with Gasteiger partial charge in [-0.15, -0.1) is 0 Å². The van der Waals surface area contributed by atoms with Crippen LogP contribution in [0.1, 0.15) is 45.6 Å². The molecule has 0 atom stereocenters. The van der Waals surface area contributed by atoms with Gasteiger partial charge in [0.05, 0.1) is 5.69 Å². The Morgan fingerprint density at radius 2 is 2.06 bits per heavy atom. The SMILES string of the molecule is CCCOCc1nc(C(C)(C)C)c(Br)c(=O)[nH]1. The predicted octanol–water partition coefficient (Wildman–Crippen LogP) is 2.76. The molecule has 0 radical (unpaired) electrons. The standard InChI is InChI=1S/C12H19BrN2O2/c1-5-6-17-7-8-14-10(12(2,3)4)9(13)11(16)15-8/h5-7H2,1-4H3,(H,14,15,16). The first kappa shape index (κ1) is 14.4. The molecular weight excluding hydrogens is 284 g/mol. The third-order valence-electron chi connectivity index (χ3n) is 2.21. The van der Waals surface area contributed by atoms with Gasteiger partial charge in [-0.3, -0.25) is 4.79 Å². The lowest BCUT2D eigenvalue weighted by atomic mass is 9.92. The Hall–Kier alpha value is -0.680. The van der Waals surface area contributed by atoms with E-state index in [1.165, 1.54) is 0 Å². The van der Waals surface area contributed by atoms with Crippen molar-refractivity contribution in [1.82, 2.24) is 9.97 Å². The highest BCUT2D eigenvalue weighted by molar-refractivity contribution is 9.10. The maximum atomic E-state index is 11.7. The molecule has 1 heterocycles. The van der Waals surface area contributed by atoms with Crippen LogP contribution in [-0.4, -0.2) is 16.6 Å². The Kier molecular flexibility index (Phi) is 4.89. The van der Waals surface area contributed by atoms with Crippen LogP contribution in [0.5, 0.6) is 0 Å². The van der Waals surface area contributed by atoms with Crippen molar-refractivity contribution in [2.24, 2.45) is 0 Å². The zero-order valence-electron chi connectivity index (χ0n) is 10.8. The summed E-state index contributed by atoms with van der Waals surface area (Å²) in [5, 5.41) is 0. The van der Waals surface area contributed by atoms with Gasteiger partial charge in [0.15, 0.2) is 0 Å². The molecule has 1 aromatic heterocycles. The molecule has 1 aromatic rings. The number of aromatic nitrogens is 2. The zero-order valence-corrected chi connectivity index (χ0v) is 12.3. The second-order valence-electron chi connectivity index (χ2n) is 4.98. The lowest BCUT2D eigenvalue weighted by molar-refractivity contribution is 0.115. The summed E-state index contributed by atoms with van der Waals surface area (Å²) < 4.78 is 5.89. The fraction of sp³-hybridized carbons (Fsp3) is 0.667. The minimum absolute atomic E-state index is 0.153. The molecule has 96 valence electrons. The van der Waals surface area contributed by atoms with Crippen LogP contribution >= 0.6 is 15.9 Å². The molecular formula is C12H19BrN2O2. The van der Waals surface area contributed by atoms with E-state index in [1.54, 1.807) is 0 Å². The Labute approximate surface area is 110 Å². The van der Waals surface area contributed by atoms with E-state index in [9.17, 15) is 4.79 Å². The highest BCUT2D eigenvalue weighted by Gasteiger charge is 2.21. The lowest BCUT2D eigenvalue weighted by Gasteiger charge is -2.19. The van der Waals surface area contributed by atoms with Crippen molar-refractivity contribution in [3.05, 3.63) is 26.3 Å². The van der Waals surface area contributed by atoms with Crippen LogP contribution in [0.2, 0.25) is 0 Å². The molecule has 0 aliphatic rings. The fourth-order valence-electron chi connectivity index (χ4n) is 1.38. The van der Waals surface area contributed by atoms with Crippen molar-refractivity contribution in [3.63, 3.8) is 0 Å². The molecule has 0 saturated heterocycles. The third-order valence-corrected chi connectivity index (χ3v) is 2.95. The average Bonchev–Trinajstić information content (AvgIpc) is 2.21. The van der Waals surface area contributed by atoms with E-state index < -0.39 is 0 Å². The largest absolute Gasteiger partial charge is 0.374 e. The Morgan fingerprint density at radius 1 is 1.41 bits per heavy atom. The molecule has 0 bridgehead atoms. The van der Waals surface area contributed by atoms with E-state index >= 15 is 0 Å². The summed E-state index contributed by atoms with van der Waals surface area (Å²) in [4.78, 5) is 18.9. The summed E-state index contributed by atoms with van der Waals surface area (Å²) in [7, 11) is 0. The number of hydrogen-bond donors (Lipinski definition) is 1. The number of ether oxygens (including phenoxy) is 1. The smallest absolute Gasteiger partial charge is 0.265 e. The van der Waals surface area contributed by atoms with E-state index in [-0.39, 0.29) is 11.0 Å². The van der Waals surface area contributed by atoms with Crippen molar-refractivity contribution < 1.29 is 4.74 Å². The number of nitrogens with zero attached hydrogens (tertiary/aromatic N) is 1. The first-order valence-electron chi connectivity index (χ1n) is 5.73. The van der Waals surface area contributed by atoms with E-state index in [0.717, 1.165) is 12.1 Å². The molecule has 5 heteroatoms. The van der Waals surface area contributed by atoms with Crippen LogP contribution < -0.4 is 5.56 Å². The number of hydrogen-bond acceptors (Lipinski definition) is 3. The highest BCUT2D eigenvalue weighted by Crippen LogP contribution is 2.25. The number of nitrogens with one attached hydrogen (secondary N) is 1. The van der Waals surface area contributed by atoms with Crippen LogP contribution in [-0.2, 0) is 16.8 Å². The van der Waals surface area contributed by atoms with Gasteiger partial charge in [0, 0.05) is 12.0 Å². The van der Waals surface area contributed by atoms with Gasteiger partial charge < -0.3 is 9.72 Å².